The molecule has 16 heavy (non-hydrogen) atoms. The molecule has 0 unspecified atom stereocenters. The summed E-state index contributed by atoms with van der Waals surface area (Å²) in [6, 6.07) is 7.59. The van der Waals surface area contributed by atoms with Crippen LogP contribution < -0.4 is 10.1 Å². The Morgan fingerprint density at radius 3 is 2.69 bits per heavy atom. The molecule has 0 saturated heterocycles. The van der Waals surface area contributed by atoms with Crippen LogP contribution >= 0.6 is 0 Å². The van der Waals surface area contributed by atoms with Crippen LogP contribution in [0.15, 0.2) is 24.3 Å². The maximum absolute atomic E-state index is 11.0. The molecule has 0 aliphatic heterocycles. The van der Waals surface area contributed by atoms with Gasteiger partial charge in [0.05, 0.1) is 0 Å². The molecule has 0 aliphatic rings. The number of benzene rings is 1. The molecule has 0 saturated carbocycles. The Bertz CT molecular complexity index is 376. The van der Waals surface area contributed by atoms with Gasteiger partial charge in [-0.1, -0.05) is 18.1 Å². The first-order valence-corrected chi connectivity index (χ1v) is 5.12. The number of amides is 1. The minimum Gasteiger partial charge on any atom is -0.481 e. The summed E-state index contributed by atoms with van der Waals surface area (Å²) in [4.78, 5) is 11.0. The second-order valence-corrected chi connectivity index (χ2v) is 3.31. The van der Waals surface area contributed by atoms with Gasteiger partial charge in [-0.05, 0) is 24.1 Å². The Labute approximate surface area is 95.8 Å². The fourth-order valence-electron chi connectivity index (χ4n) is 1.26. The summed E-state index contributed by atoms with van der Waals surface area (Å²) in [5, 5.41) is 2.59. The van der Waals surface area contributed by atoms with Gasteiger partial charge in [0.1, 0.15) is 12.4 Å². The molecule has 0 heterocycles. The predicted octanol–water partition coefficient (Wildman–Crippen LogP) is 1.38. The minimum absolute atomic E-state index is 0.0488. The summed E-state index contributed by atoms with van der Waals surface area (Å²) in [6.45, 7) is 0.275. The minimum atomic E-state index is 0.0488. The summed E-state index contributed by atoms with van der Waals surface area (Å²) in [5.41, 5.74) is 1.11. The molecule has 0 radical (unpaired) electrons. The lowest BCUT2D eigenvalue weighted by molar-refractivity contribution is -0.120. The van der Waals surface area contributed by atoms with Gasteiger partial charge in [-0.2, -0.15) is 0 Å². The van der Waals surface area contributed by atoms with Crippen LogP contribution in [-0.2, 0) is 11.2 Å². The van der Waals surface area contributed by atoms with E-state index in [-0.39, 0.29) is 12.5 Å². The molecule has 0 fully saturated rings. The first-order valence-electron chi connectivity index (χ1n) is 5.12. The van der Waals surface area contributed by atoms with Crippen molar-refractivity contribution in [2.75, 3.05) is 13.7 Å². The lowest BCUT2D eigenvalue weighted by Gasteiger charge is -2.04. The molecule has 1 amide bonds. The Balaban J connectivity index is 2.45. The topological polar surface area (TPSA) is 38.3 Å². The second kappa shape index (κ2) is 6.52. The molecule has 3 nitrogen and oxygen atoms in total. The van der Waals surface area contributed by atoms with Crippen LogP contribution in [0.1, 0.15) is 12.0 Å². The molecule has 0 aromatic heterocycles. The molecular formula is C13H15NO2. The summed E-state index contributed by atoms with van der Waals surface area (Å²) in [7, 11) is 1.64. The van der Waals surface area contributed by atoms with E-state index in [9.17, 15) is 4.79 Å². The number of aryl methyl sites for hydroxylation is 1. The molecule has 1 aromatic carbocycles. The Morgan fingerprint density at radius 2 is 2.12 bits per heavy atom. The van der Waals surface area contributed by atoms with Gasteiger partial charge in [-0.15, -0.1) is 6.42 Å². The molecule has 84 valence electrons. The van der Waals surface area contributed by atoms with E-state index >= 15 is 0 Å². The van der Waals surface area contributed by atoms with Gasteiger partial charge in [0, 0.05) is 13.5 Å². The SMILES string of the molecule is C#CCOc1ccc(CCC(=O)NC)cc1. The van der Waals surface area contributed by atoms with Crippen molar-refractivity contribution in [2.45, 2.75) is 12.8 Å². The van der Waals surface area contributed by atoms with E-state index in [0.717, 1.165) is 17.7 Å². The zero-order valence-electron chi connectivity index (χ0n) is 9.32. The quantitative estimate of drug-likeness (QED) is 0.757. The molecular weight excluding hydrogens is 202 g/mol. The highest BCUT2D eigenvalue weighted by Gasteiger charge is 1.99. The zero-order chi connectivity index (χ0) is 11.8. The third kappa shape index (κ3) is 4.05. The third-order valence-corrected chi connectivity index (χ3v) is 2.17. The Morgan fingerprint density at radius 1 is 1.44 bits per heavy atom. The van der Waals surface area contributed by atoms with Crippen molar-refractivity contribution in [2.24, 2.45) is 0 Å². The highest BCUT2D eigenvalue weighted by atomic mass is 16.5. The third-order valence-electron chi connectivity index (χ3n) is 2.17. The number of hydrogen-bond donors (Lipinski definition) is 1. The number of carbonyl (C=O) groups is 1. The largest absolute Gasteiger partial charge is 0.481 e. The fraction of sp³-hybridized carbons (Fsp3) is 0.308. The second-order valence-electron chi connectivity index (χ2n) is 3.31. The van der Waals surface area contributed by atoms with Crippen molar-refractivity contribution >= 4 is 5.91 Å². The van der Waals surface area contributed by atoms with Crippen molar-refractivity contribution < 1.29 is 9.53 Å². The van der Waals surface area contributed by atoms with E-state index in [0.29, 0.717) is 6.42 Å². The lowest BCUT2D eigenvalue weighted by atomic mass is 10.1. The maximum Gasteiger partial charge on any atom is 0.220 e. The molecule has 1 aromatic rings. The number of hydrogen-bond acceptors (Lipinski definition) is 2. The summed E-state index contributed by atoms with van der Waals surface area (Å²) in [6.07, 6.45) is 6.32. The number of nitrogens with one attached hydrogen (secondary N) is 1. The Hall–Kier alpha value is -1.95. The van der Waals surface area contributed by atoms with E-state index < -0.39 is 0 Å². The molecule has 0 spiro atoms. The first kappa shape index (κ1) is 12.1. The number of carbonyl (C=O) groups excluding carboxylic acids is 1. The van der Waals surface area contributed by atoms with Crippen molar-refractivity contribution in [3.05, 3.63) is 29.8 Å². The van der Waals surface area contributed by atoms with Gasteiger partial charge in [0.15, 0.2) is 0 Å². The zero-order valence-corrected chi connectivity index (χ0v) is 9.32. The molecule has 0 bridgehead atoms. The van der Waals surface area contributed by atoms with Crippen LogP contribution in [0.2, 0.25) is 0 Å². The van der Waals surface area contributed by atoms with Crippen LogP contribution in [0.25, 0.3) is 0 Å². The van der Waals surface area contributed by atoms with Crippen molar-refractivity contribution in [1.82, 2.24) is 5.32 Å². The smallest absolute Gasteiger partial charge is 0.220 e. The number of ether oxygens (including phenoxy) is 1. The Kier molecular flexibility index (Phi) is 4.94. The van der Waals surface area contributed by atoms with E-state index in [4.69, 9.17) is 11.2 Å². The van der Waals surface area contributed by atoms with Crippen LogP contribution in [0.4, 0.5) is 0 Å². The van der Waals surface area contributed by atoms with Crippen LogP contribution in [0.5, 0.6) is 5.75 Å². The van der Waals surface area contributed by atoms with E-state index in [1.807, 2.05) is 24.3 Å². The standard InChI is InChI=1S/C13H15NO2/c1-3-10-16-12-7-4-11(5-8-12)6-9-13(15)14-2/h1,4-5,7-8H,6,9-10H2,2H3,(H,14,15). The van der Waals surface area contributed by atoms with E-state index in [1.165, 1.54) is 0 Å². The van der Waals surface area contributed by atoms with Gasteiger partial charge in [-0.3, -0.25) is 4.79 Å². The molecule has 0 atom stereocenters. The molecule has 1 rings (SSSR count). The van der Waals surface area contributed by atoms with Crippen LogP contribution in [0, 0.1) is 12.3 Å². The summed E-state index contributed by atoms with van der Waals surface area (Å²) in [5.74, 6) is 3.20. The number of terminal acetylenes is 1. The van der Waals surface area contributed by atoms with Gasteiger partial charge in [-0.25, -0.2) is 0 Å². The number of rotatable bonds is 5. The fourth-order valence-corrected chi connectivity index (χ4v) is 1.26. The van der Waals surface area contributed by atoms with Gasteiger partial charge < -0.3 is 10.1 Å². The van der Waals surface area contributed by atoms with Gasteiger partial charge in [0.2, 0.25) is 5.91 Å². The van der Waals surface area contributed by atoms with Crippen LogP contribution in [0.3, 0.4) is 0 Å². The van der Waals surface area contributed by atoms with Crippen LogP contribution in [-0.4, -0.2) is 19.6 Å². The molecule has 3 heteroatoms. The highest BCUT2D eigenvalue weighted by Crippen LogP contribution is 2.13. The lowest BCUT2D eigenvalue weighted by Crippen LogP contribution is -2.17. The van der Waals surface area contributed by atoms with Crippen molar-refractivity contribution in [3.63, 3.8) is 0 Å². The van der Waals surface area contributed by atoms with E-state index in [1.54, 1.807) is 7.05 Å². The van der Waals surface area contributed by atoms with Gasteiger partial charge >= 0.3 is 0 Å². The van der Waals surface area contributed by atoms with Gasteiger partial charge in [0.25, 0.3) is 0 Å². The van der Waals surface area contributed by atoms with Crippen molar-refractivity contribution in [3.8, 4) is 18.1 Å². The monoisotopic (exact) mass is 217 g/mol. The van der Waals surface area contributed by atoms with E-state index in [2.05, 4.69) is 11.2 Å². The summed E-state index contributed by atoms with van der Waals surface area (Å²) >= 11 is 0. The molecule has 0 aliphatic carbocycles. The average molecular weight is 217 g/mol. The molecule has 1 N–H and O–H groups in total. The first-order chi connectivity index (χ1) is 7.76. The predicted molar refractivity (Wildman–Crippen MR) is 63.2 cm³/mol. The summed E-state index contributed by atoms with van der Waals surface area (Å²) < 4.78 is 5.24. The average Bonchev–Trinajstić information content (AvgIpc) is 2.34. The highest BCUT2D eigenvalue weighted by molar-refractivity contribution is 5.75. The van der Waals surface area contributed by atoms with Crippen molar-refractivity contribution in [1.29, 1.82) is 0 Å². The maximum atomic E-state index is 11.0. The normalized spacial score (nSPS) is 9.25.